The molecule has 2 aromatic rings. The molecule has 1 aromatic heterocycles. The fourth-order valence-electron chi connectivity index (χ4n) is 2.74. The number of fused-ring (bicyclic) bond motifs is 4. The molecular formula is C12H13N3O. The van der Waals surface area contributed by atoms with Gasteiger partial charge in [0.25, 0.3) is 0 Å². The second-order valence-electron chi connectivity index (χ2n) is 4.54. The van der Waals surface area contributed by atoms with Crippen LogP contribution in [0.2, 0.25) is 0 Å². The van der Waals surface area contributed by atoms with E-state index in [1.165, 1.54) is 11.1 Å². The highest BCUT2D eigenvalue weighted by molar-refractivity contribution is 5.82. The summed E-state index contributed by atoms with van der Waals surface area (Å²) in [6, 6.07) is 8.32. The van der Waals surface area contributed by atoms with Gasteiger partial charge < -0.3 is 10.1 Å². The lowest BCUT2D eigenvalue weighted by Crippen LogP contribution is -2.61. The lowest BCUT2D eigenvalue weighted by Gasteiger charge is -2.45. The van der Waals surface area contributed by atoms with E-state index in [0.29, 0.717) is 0 Å². The summed E-state index contributed by atoms with van der Waals surface area (Å²) in [6.45, 7) is 3.44. The molecule has 0 saturated carbocycles. The summed E-state index contributed by atoms with van der Waals surface area (Å²) in [4.78, 5) is 0. The van der Waals surface area contributed by atoms with Gasteiger partial charge >= 0.3 is 0 Å². The summed E-state index contributed by atoms with van der Waals surface area (Å²) >= 11 is 0. The summed E-state index contributed by atoms with van der Waals surface area (Å²) < 4.78 is 8.09. The van der Waals surface area contributed by atoms with Gasteiger partial charge in [-0.3, -0.25) is 4.68 Å². The summed E-state index contributed by atoms with van der Waals surface area (Å²) in [5.74, 6) is 0. The van der Waals surface area contributed by atoms with Crippen LogP contribution in [0.25, 0.3) is 10.9 Å². The first kappa shape index (κ1) is 8.73. The smallest absolute Gasteiger partial charge is 0.135 e. The van der Waals surface area contributed by atoms with Crippen molar-refractivity contribution in [3.8, 4) is 0 Å². The number of ether oxygens (including phenoxy) is 1. The van der Waals surface area contributed by atoms with Crippen LogP contribution in [-0.2, 0) is 16.9 Å². The van der Waals surface area contributed by atoms with Crippen molar-refractivity contribution in [3.05, 3.63) is 30.0 Å². The lowest BCUT2D eigenvalue weighted by atomic mass is 9.89. The Hall–Kier alpha value is -1.39. The van der Waals surface area contributed by atoms with E-state index >= 15 is 0 Å². The number of nitrogens with zero attached hydrogens (tertiary/aromatic N) is 2. The van der Waals surface area contributed by atoms with Crippen molar-refractivity contribution in [2.24, 2.45) is 0 Å². The Morgan fingerprint density at radius 3 is 3.00 bits per heavy atom. The molecule has 1 spiro atoms. The molecule has 1 saturated heterocycles. The first-order valence-corrected chi connectivity index (χ1v) is 5.70. The Kier molecular flexibility index (Phi) is 1.55. The monoisotopic (exact) mass is 215 g/mol. The molecule has 0 unspecified atom stereocenters. The Labute approximate surface area is 93.2 Å². The quantitative estimate of drug-likeness (QED) is 0.708. The average Bonchev–Trinajstić information content (AvgIpc) is 2.65. The molecule has 0 amide bonds. The zero-order valence-corrected chi connectivity index (χ0v) is 8.94. The first-order valence-electron chi connectivity index (χ1n) is 5.70. The fraction of sp³-hybridized carbons (Fsp3) is 0.417. The van der Waals surface area contributed by atoms with E-state index in [0.717, 1.165) is 31.8 Å². The van der Waals surface area contributed by atoms with E-state index in [1.54, 1.807) is 0 Å². The minimum atomic E-state index is -0.117. The van der Waals surface area contributed by atoms with Crippen molar-refractivity contribution in [3.63, 3.8) is 0 Å². The van der Waals surface area contributed by atoms with Crippen LogP contribution >= 0.6 is 0 Å². The van der Waals surface area contributed by atoms with Gasteiger partial charge in [0.2, 0.25) is 0 Å². The van der Waals surface area contributed by atoms with E-state index in [2.05, 4.69) is 33.3 Å². The van der Waals surface area contributed by atoms with Crippen LogP contribution in [0.5, 0.6) is 0 Å². The number of benzene rings is 1. The molecular weight excluding hydrogens is 202 g/mol. The predicted molar refractivity (Wildman–Crippen MR) is 60.2 cm³/mol. The predicted octanol–water partition coefficient (Wildman–Crippen LogP) is 0.865. The van der Waals surface area contributed by atoms with Gasteiger partial charge in [0.15, 0.2) is 0 Å². The normalized spacial score (nSPS) is 22.0. The molecule has 4 heteroatoms. The van der Waals surface area contributed by atoms with Crippen molar-refractivity contribution < 1.29 is 4.74 Å². The molecule has 3 heterocycles. The average molecular weight is 215 g/mol. The van der Waals surface area contributed by atoms with E-state index < -0.39 is 0 Å². The number of rotatable bonds is 0. The number of hydrogen-bond acceptors (Lipinski definition) is 3. The van der Waals surface area contributed by atoms with Crippen LogP contribution in [-0.4, -0.2) is 29.5 Å². The molecule has 1 N–H and O–H groups in total. The third-order valence-corrected chi connectivity index (χ3v) is 3.58. The third-order valence-electron chi connectivity index (χ3n) is 3.58. The molecule has 4 rings (SSSR count). The van der Waals surface area contributed by atoms with Crippen molar-refractivity contribution in [1.82, 2.24) is 15.1 Å². The number of aromatic nitrogens is 2. The van der Waals surface area contributed by atoms with E-state index in [9.17, 15) is 0 Å². The largest absolute Gasteiger partial charge is 0.364 e. The second-order valence-corrected chi connectivity index (χ2v) is 4.54. The molecule has 1 aromatic carbocycles. The minimum absolute atomic E-state index is 0.117. The van der Waals surface area contributed by atoms with Crippen molar-refractivity contribution in [2.45, 2.75) is 12.1 Å². The molecule has 16 heavy (non-hydrogen) atoms. The molecule has 4 nitrogen and oxygen atoms in total. The molecule has 1 fully saturated rings. The zero-order valence-electron chi connectivity index (χ0n) is 8.94. The molecule has 2 aliphatic rings. The van der Waals surface area contributed by atoms with Gasteiger partial charge in [0.1, 0.15) is 5.60 Å². The number of hydrogen-bond donors (Lipinski definition) is 1. The molecule has 0 bridgehead atoms. The molecule has 0 radical (unpaired) electrons. The Morgan fingerprint density at radius 2 is 2.19 bits per heavy atom. The van der Waals surface area contributed by atoms with Gasteiger partial charge in [0.05, 0.1) is 24.4 Å². The van der Waals surface area contributed by atoms with Gasteiger partial charge in [-0.15, -0.1) is 0 Å². The van der Waals surface area contributed by atoms with Gasteiger partial charge in [-0.05, 0) is 6.07 Å². The van der Waals surface area contributed by atoms with Gasteiger partial charge in [-0.2, -0.15) is 5.10 Å². The topological polar surface area (TPSA) is 39.1 Å². The Balaban J connectivity index is 2.05. The molecule has 0 atom stereocenters. The van der Waals surface area contributed by atoms with Crippen LogP contribution in [0.3, 0.4) is 0 Å². The van der Waals surface area contributed by atoms with Gasteiger partial charge in [-0.25, -0.2) is 0 Å². The maximum absolute atomic E-state index is 5.97. The van der Waals surface area contributed by atoms with Crippen molar-refractivity contribution >= 4 is 10.9 Å². The maximum atomic E-state index is 5.97. The van der Waals surface area contributed by atoms with Crippen LogP contribution in [0.4, 0.5) is 0 Å². The summed E-state index contributed by atoms with van der Waals surface area (Å²) in [5, 5.41) is 9.18. The Morgan fingerprint density at radius 1 is 1.31 bits per heavy atom. The fourth-order valence-corrected chi connectivity index (χ4v) is 2.74. The minimum Gasteiger partial charge on any atom is -0.364 e. The van der Waals surface area contributed by atoms with Crippen molar-refractivity contribution in [1.29, 1.82) is 0 Å². The highest BCUT2D eigenvalue weighted by Gasteiger charge is 2.45. The third kappa shape index (κ3) is 0.936. The van der Waals surface area contributed by atoms with Gasteiger partial charge in [-0.1, -0.05) is 18.2 Å². The molecule has 82 valence electrons. The number of nitrogens with one attached hydrogen (secondary N) is 1. The summed E-state index contributed by atoms with van der Waals surface area (Å²) in [7, 11) is 0. The highest BCUT2D eigenvalue weighted by Crippen LogP contribution is 2.37. The standard InChI is InChI=1S/C12H13N3O/c1-2-4-10-9(3-1)11-12(7-13-8-12)16-6-5-15(11)14-10/h1-4,13H,5-8H2. The van der Waals surface area contributed by atoms with Crippen LogP contribution in [0.1, 0.15) is 5.69 Å². The van der Waals surface area contributed by atoms with Crippen molar-refractivity contribution in [2.75, 3.05) is 19.7 Å². The first-order chi connectivity index (χ1) is 7.89. The van der Waals surface area contributed by atoms with Crippen LogP contribution in [0.15, 0.2) is 24.3 Å². The summed E-state index contributed by atoms with van der Waals surface area (Å²) in [6.07, 6.45) is 0. The van der Waals surface area contributed by atoms with E-state index in [-0.39, 0.29) is 5.60 Å². The van der Waals surface area contributed by atoms with Crippen LogP contribution in [0, 0.1) is 0 Å². The molecule has 0 aliphatic carbocycles. The highest BCUT2D eigenvalue weighted by atomic mass is 16.5. The molecule has 2 aliphatic heterocycles. The zero-order chi connectivity index (χ0) is 10.6. The maximum Gasteiger partial charge on any atom is 0.135 e. The summed E-state index contributed by atoms with van der Waals surface area (Å²) in [5.41, 5.74) is 2.22. The van der Waals surface area contributed by atoms with E-state index in [4.69, 9.17) is 4.74 Å². The Bertz CT molecular complexity index is 556. The van der Waals surface area contributed by atoms with Crippen LogP contribution < -0.4 is 5.32 Å². The second kappa shape index (κ2) is 2.84. The SMILES string of the molecule is c1ccc2c3n(nc2c1)CCOC31CNC1. The van der Waals surface area contributed by atoms with E-state index in [1.807, 2.05) is 6.07 Å². The lowest BCUT2D eigenvalue weighted by molar-refractivity contribution is -0.111. The van der Waals surface area contributed by atoms with Gasteiger partial charge in [0, 0.05) is 18.5 Å².